The van der Waals surface area contributed by atoms with Crippen LogP contribution in [0.5, 0.6) is 0 Å². The average Bonchev–Trinajstić information content (AvgIpc) is 2.90. The van der Waals surface area contributed by atoms with Crippen LogP contribution in [0.25, 0.3) is 0 Å². The molecule has 22 heavy (non-hydrogen) atoms. The quantitative estimate of drug-likeness (QED) is 0.720. The van der Waals surface area contributed by atoms with Gasteiger partial charge in [-0.25, -0.2) is 0 Å². The number of carbonyl (C=O) groups is 1. The van der Waals surface area contributed by atoms with Crippen molar-refractivity contribution in [2.75, 3.05) is 39.3 Å². The number of rotatable bonds is 6. The SMILES string of the molecule is CC1CC(C)CN(CCCCNC(=O)C2CCNC2)C1.Cl.Cl. The minimum atomic E-state index is 0. The van der Waals surface area contributed by atoms with Crippen LogP contribution in [-0.2, 0) is 4.79 Å². The van der Waals surface area contributed by atoms with E-state index in [9.17, 15) is 4.79 Å². The number of likely N-dealkylation sites (tertiary alicyclic amines) is 1. The summed E-state index contributed by atoms with van der Waals surface area (Å²) in [7, 11) is 0. The van der Waals surface area contributed by atoms with Crippen LogP contribution in [-0.4, -0.2) is 50.1 Å². The predicted octanol–water partition coefficient (Wildman–Crippen LogP) is 2.31. The summed E-state index contributed by atoms with van der Waals surface area (Å²) in [5, 5.41) is 6.32. The van der Waals surface area contributed by atoms with Crippen molar-refractivity contribution >= 4 is 30.7 Å². The first-order valence-electron chi connectivity index (χ1n) is 8.36. The fourth-order valence-electron chi connectivity index (χ4n) is 3.67. The Labute approximate surface area is 148 Å². The summed E-state index contributed by atoms with van der Waals surface area (Å²) < 4.78 is 0. The highest BCUT2D eigenvalue weighted by molar-refractivity contribution is 5.85. The summed E-state index contributed by atoms with van der Waals surface area (Å²) in [4.78, 5) is 14.4. The van der Waals surface area contributed by atoms with E-state index in [1.54, 1.807) is 0 Å². The van der Waals surface area contributed by atoms with Gasteiger partial charge in [0.1, 0.15) is 0 Å². The van der Waals surface area contributed by atoms with E-state index in [0.717, 1.165) is 44.3 Å². The highest BCUT2D eigenvalue weighted by Crippen LogP contribution is 2.20. The Morgan fingerprint density at radius 1 is 1.18 bits per heavy atom. The zero-order valence-corrected chi connectivity index (χ0v) is 15.6. The van der Waals surface area contributed by atoms with Crippen LogP contribution in [0.15, 0.2) is 0 Å². The summed E-state index contributed by atoms with van der Waals surface area (Å²) in [5.41, 5.74) is 0. The lowest BCUT2D eigenvalue weighted by atomic mass is 9.92. The molecular weight excluding hydrogens is 321 g/mol. The number of hydrogen-bond donors (Lipinski definition) is 2. The highest BCUT2D eigenvalue weighted by atomic mass is 35.5. The molecule has 0 aliphatic carbocycles. The molecule has 2 fully saturated rings. The van der Waals surface area contributed by atoms with E-state index in [-0.39, 0.29) is 36.6 Å². The maximum absolute atomic E-state index is 11.8. The molecule has 0 aromatic heterocycles. The van der Waals surface area contributed by atoms with Crippen molar-refractivity contribution in [3.8, 4) is 0 Å². The van der Waals surface area contributed by atoms with Crippen molar-refractivity contribution in [2.24, 2.45) is 17.8 Å². The predicted molar refractivity (Wildman–Crippen MR) is 97.1 cm³/mol. The average molecular weight is 354 g/mol. The standard InChI is InChI=1S/C16H31N3O.2ClH/c1-13-9-14(2)12-19(11-13)8-4-3-6-18-16(20)15-5-7-17-10-15;;/h13-15,17H,3-12H2,1-2H3,(H,18,20);2*1H. The maximum Gasteiger partial charge on any atom is 0.224 e. The van der Waals surface area contributed by atoms with Gasteiger partial charge in [-0.15, -0.1) is 24.8 Å². The van der Waals surface area contributed by atoms with Gasteiger partial charge in [0.05, 0.1) is 5.92 Å². The second kappa shape index (κ2) is 11.5. The third-order valence-electron chi connectivity index (χ3n) is 4.58. The lowest BCUT2D eigenvalue weighted by Crippen LogP contribution is -2.39. The summed E-state index contributed by atoms with van der Waals surface area (Å²) in [6.45, 7) is 11.1. The number of piperidine rings is 1. The number of nitrogens with one attached hydrogen (secondary N) is 2. The normalized spacial score (nSPS) is 28.5. The van der Waals surface area contributed by atoms with E-state index in [1.807, 2.05) is 0 Å². The third-order valence-corrected chi connectivity index (χ3v) is 4.58. The van der Waals surface area contributed by atoms with Gasteiger partial charge in [0.2, 0.25) is 5.91 Å². The van der Waals surface area contributed by atoms with Gasteiger partial charge in [0.15, 0.2) is 0 Å². The van der Waals surface area contributed by atoms with E-state index >= 15 is 0 Å². The molecule has 2 aliphatic rings. The van der Waals surface area contributed by atoms with Gasteiger partial charge in [0, 0.05) is 26.2 Å². The number of amides is 1. The zero-order chi connectivity index (χ0) is 14.4. The summed E-state index contributed by atoms with van der Waals surface area (Å²) in [6, 6.07) is 0. The van der Waals surface area contributed by atoms with Gasteiger partial charge >= 0.3 is 0 Å². The lowest BCUT2D eigenvalue weighted by Gasteiger charge is -2.34. The minimum Gasteiger partial charge on any atom is -0.356 e. The van der Waals surface area contributed by atoms with Crippen molar-refractivity contribution in [3.63, 3.8) is 0 Å². The van der Waals surface area contributed by atoms with Gasteiger partial charge in [-0.1, -0.05) is 13.8 Å². The molecule has 3 atom stereocenters. The first-order valence-corrected chi connectivity index (χ1v) is 8.36. The number of unbranched alkanes of at least 4 members (excludes halogenated alkanes) is 1. The third kappa shape index (κ3) is 7.49. The monoisotopic (exact) mass is 353 g/mol. The smallest absolute Gasteiger partial charge is 0.224 e. The van der Waals surface area contributed by atoms with E-state index in [4.69, 9.17) is 0 Å². The minimum absolute atomic E-state index is 0. The highest BCUT2D eigenvalue weighted by Gasteiger charge is 2.22. The molecule has 6 heteroatoms. The molecule has 0 aromatic carbocycles. The van der Waals surface area contributed by atoms with Gasteiger partial charge in [-0.2, -0.15) is 0 Å². The molecule has 2 rings (SSSR count). The molecule has 0 saturated carbocycles. The Balaban J connectivity index is 0.00000220. The van der Waals surface area contributed by atoms with Crippen LogP contribution >= 0.6 is 24.8 Å². The number of nitrogens with zero attached hydrogens (tertiary/aromatic N) is 1. The summed E-state index contributed by atoms with van der Waals surface area (Å²) in [6.07, 6.45) is 4.67. The lowest BCUT2D eigenvalue weighted by molar-refractivity contribution is -0.124. The molecule has 0 radical (unpaired) electrons. The van der Waals surface area contributed by atoms with E-state index in [1.165, 1.54) is 32.5 Å². The first-order chi connectivity index (χ1) is 9.65. The molecule has 3 unspecified atom stereocenters. The first kappa shape index (κ1) is 22.0. The van der Waals surface area contributed by atoms with Gasteiger partial charge in [-0.05, 0) is 50.6 Å². The zero-order valence-electron chi connectivity index (χ0n) is 14.0. The largest absolute Gasteiger partial charge is 0.356 e. The summed E-state index contributed by atoms with van der Waals surface area (Å²) in [5.74, 6) is 2.13. The van der Waals surface area contributed by atoms with Crippen LogP contribution in [0.1, 0.15) is 39.5 Å². The van der Waals surface area contributed by atoms with E-state index in [0.29, 0.717) is 0 Å². The van der Waals surface area contributed by atoms with Crippen molar-refractivity contribution < 1.29 is 4.79 Å². The Hall–Kier alpha value is -0.0300. The molecule has 132 valence electrons. The fourth-order valence-corrected chi connectivity index (χ4v) is 3.67. The van der Waals surface area contributed by atoms with Crippen LogP contribution in [0, 0.1) is 17.8 Å². The van der Waals surface area contributed by atoms with Crippen molar-refractivity contribution in [1.29, 1.82) is 0 Å². The van der Waals surface area contributed by atoms with Crippen molar-refractivity contribution in [2.45, 2.75) is 39.5 Å². The molecule has 2 aliphatic heterocycles. The molecule has 2 saturated heterocycles. The molecule has 4 nitrogen and oxygen atoms in total. The fraction of sp³-hybridized carbons (Fsp3) is 0.938. The molecule has 2 heterocycles. The number of hydrogen-bond acceptors (Lipinski definition) is 3. The summed E-state index contributed by atoms with van der Waals surface area (Å²) >= 11 is 0. The molecule has 0 aromatic rings. The Kier molecular flexibility index (Phi) is 11.5. The Bertz CT molecular complexity index is 302. The number of halogens is 2. The number of carbonyl (C=O) groups excluding carboxylic acids is 1. The van der Waals surface area contributed by atoms with Crippen LogP contribution in [0.4, 0.5) is 0 Å². The van der Waals surface area contributed by atoms with Crippen molar-refractivity contribution in [3.05, 3.63) is 0 Å². The maximum atomic E-state index is 11.8. The molecule has 0 bridgehead atoms. The molecule has 1 amide bonds. The second-order valence-corrected chi connectivity index (χ2v) is 6.89. The molecular formula is C16H33Cl2N3O. The topological polar surface area (TPSA) is 44.4 Å². The van der Waals surface area contributed by atoms with Crippen LogP contribution in [0.2, 0.25) is 0 Å². The van der Waals surface area contributed by atoms with Crippen LogP contribution in [0.3, 0.4) is 0 Å². The van der Waals surface area contributed by atoms with Gasteiger partial charge < -0.3 is 15.5 Å². The van der Waals surface area contributed by atoms with Gasteiger partial charge in [-0.3, -0.25) is 4.79 Å². The van der Waals surface area contributed by atoms with Crippen LogP contribution < -0.4 is 10.6 Å². The van der Waals surface area contributed by atoms with Crippen molar-refractivity contribution in [1.82, 2.24) is 15.5 Å². The van der Waals surface area contributed by atoms with Gasteiger partial charge in [0.25, 0.3) is 0 Å². The Morgan fingerprint density at radius 3 is 2.45 bits per heavy atom. The molecule has 2 N–H and O–H groups in total. The van der Waals surface area contributed by atoms with E-state index < -0.39 is 0 Å². The van der Waals surface area contributed by atoms with E-state index in [2.05, 4.69) is 29.4 Å². The Morgan fingerprint density at radius 2 is 1.86 bits per heavy atom. The second-order valence-electron chi connectivity index (χ2n) is 6.89. The molecule has 0 spiro atoms.